The molecule has 2 rings (SSSR count). The average molecular weight is 359 g/mol. The Morgan fingerprint density at radius 3 is 2.42 bits per heavy atom. The number of amides is 2. The number of carbonyl (C=O) groups is 2. The Hall–Kier alpha value is -2.93. The van der Waals surface area contributed by atoms with Crippen LogP contribution in [0, 0.1) is 5.82 Å². The molecular formula is C19H22FN3O3. The van der Waals surface area contributed by atoms with Gasteiger partial charge in [0.2, 0.25) is 11.8 Å². The second-order valence-corrected chi connectivity index (χ2v) is 5.94. The van der Waals surface area contributed by atoms with Crippen molar-refractivity contribution in [2.75, 3.05) is 31.3 Å². The lowest BCUT2D eigenvalue weighted by Crippen LogP contribution is -2.30. The highest BCUT2D eigenvalue weighted by molar-refractivity contribution is 5.95. The fraction of sp³-hybridized carbons (Fsp3) is 0.263. The van der Waals surface area contributed by atoms with Crippen LogP contribution in [0.4, 0.5) is 15.8 Å². The van der Waals surface area contributed by atoms with Crippen molar-refractivity contribution in [1.82, 2.24) is 4.90 Å². The van der Waals surface area contributed by atoms with Crippen LogP contribution in [0.15, 0.2) is 42.5 Å². The molecule has 0 radical (unpaired) electrons. The van der Waals surface area contributed by atoms with Gasteiger partial charge in [-0.1, -0.05) is 12.1 Å². The molecule has 0 aromatic heterocycles. The summed E-state index contributed by atoms with van der Waals surface area (Å²) in [6, 6.07) is 11.1. The summed E-state index contributed by atoms with van der Waals surface area (Å²) < 4.78 is 18.2. The summed E-state index contributed by atoms with van der Waals surface area (Å²) >= 11 is 0. The van der Waals surface area contributed by atoms with Gasteiger partial charge in [0, 0.05) is 19.2 Å². The minimum absolute atomic E-state index is 0.144. The molecule has 0 atom stereocenters. The Bertz CT molecular complexity index is 778. The molecule has 0 unspecified atom stereocenters. The molecular weight excluding hydrogens is 337 g/mol. The minimum atomic E-state index is -0.291. The van der Waals surface area contributed by atoms with E-state index in [0.717, 1.165) is 5.56 Å². The van der Waals surface area contributed by atoms with Crippen molar-refractivity contribution in [3.05, 3.63) is 53.8 Å². The number of ether oxygens (including phenoxy) is 1. The van der Waals surface area contributed by atoms with Gasteiger partial charge in [0.25, 0.3) is 0 Å². The Morgan fingerprint density at radius 2 is 1.81 bits per heavy atom. The molecule has 0 aliphatic rings. The van der Waals surface area contributed by atoms with Gasteiger partial charge in [-0.25, -0.2) is 4.39 Å². The lowest BCUT2D eigenvalue weighted by molar-refractivity contribution is -0.117. The number of anilines is 2. The van der Waals surface area contributed by atoms with Crippen LogP contribution >= 0.6 is 0 Å². The second-order valence-electron chi connectivity index (χ2n) is 5.94. The van der Waals surface area contributed by atoms with E-state index in [0.29, 0.717) is 23.7 Å². The van der Waals surface area contributed by atoms with E-state index in [4.69, 9.17) is 4.74 Å². The van der Waals surface area contributed by atoms with E-state index >= 15 is 0 Å². The van der Waals surface area contributed by atoms with E-state index in [1.54, 1.807) is 37.4 Å². The van der Waals surface area contributed by atoms with E-state index in [-0.39, 0.29) is 24.2 Å². The maximum absolute atomic E-state index is 12.9. The number of hydrogen-bond donors (Lipinski definition) is 2. The molecule has 0 fully saturated rings. The quantitative estimate of drug-likeness (QED) is 0.798. The normalized spacial score (nSPS) is 10.5. The molecule has 2 aromatic carbocycles. The van der Waals surface area contributed by atoms with Crippen molar-refractivity contribution in [3.63, 3.8) is 0 Å². The number of likely N-dealkylation sites (N-methyl/N-ethyl adjacent to an activating group) is 1. The molecule has 0 spiro atoms. The first kappa shape index (κ1) is 19.4. The number of halogens is 1. The Labute approximate surface area is 152 Å². The first-order valence-corrected chi connectivity index (χ1v) is 8.06. The fourth-order valence-electron chi connectivity index (χ4n) is 2.48. The van der Waals surface area contributed by atoms with Crippen LogP contribution in [0.2, 0.25) is 0 Å². The third-order valence-corrected chi connectivity index (χ3v) is 3.57. The molecule has 6 nitrogen and oxygen atoms in total. The van der Waals surface area contributed by atoms with Gasteiger partial charge in [-0.05, 0) is 42.9 Å². The van der Waals surface area contributed by atoms with Gasteiger partial charge in [-0.15, -0.1) is 0 Å². The number of hydrogen-bond acceptors (Lipinski definition) is 4. The van der Waals surface area contributed by atoms with E-state index in [2.05, 4.69) is 10.6 Å². The molecule has 2 aromatic rings. The van der Waals surface area contributed by atoms with Gasteiger partial charge < -0.3 is 15.4 Å². The highest BCUT2D eigenvalue weighted by Crippen LogP contribution is 2.27. The van der Waals surface area contributed by atoms with E-state index in [1.165, 1.54) is 26.2 Å². The summed E-state index contributed by atoms with van der Waals surface area (Å²) in [5.74, 6) is -0.228. The van der Waals surface area contributed by atoms with Crippen LogP contribution in [-0.4, -0.2) is 37.4 Å². The van der Waals surface area contributed by atoms with Crippen LogP contribution in [0.5, 0.6) is 5.75 Å². The van der Waals surface area contributed by atoms with Crippen molar-refractivity contribution in [1.29, 1.82) is 0 Å². The van der Waals surface area contributed by atoms with Gasteiger partial charge in [0.15, 0.2) is 0 Å². The first-order valence-electron chi connectivity index (χ1n) is 8.06. The highest BCUT2D eigenvalue weighted by Gasteiger charge is 2.12. The number of benzene rings is 2. The summed E-state index contributed by atoms with van der Waals surface area (Å²) in [6.45, 7) is 2.06. The molecule has 26 heavy (non-hydrogen) atoms. The van der Waals surface area contributed by atoms with Gasteiger partial charge in [0.05, 0.1) is 19.3 Å². The molecule has 0 heterocycles. The zero-order valence-electron chi connectivity index (χ0n) is 15.0. The van der Waals surface area contributed by atoms with Crippen molar-refractivity contribution in [2.45, 2.75) is 13.5 Å². The lowest BCUT2D eigenvalue weighted by atomic mass is 10.2. The molecule has 7 heteroatoms. The molecule has 138 valence electrons. The predicted octanol–water partition coefficient (Wildman–Crippen LogP) is 2.86. The first-order chi connectivity index (χ1) is 12.4. The van der Waals surface area contributed by atoms with Crippen molar-refractivity contribution in [3.8, 4) is 5.75 Å². The fourth-order valence-corrected chi connectivity index (χ4v) is 2.48. The molecule has 2 N–H and O–H groups in total. The maximum Gasteiger partial charge on any atom is 0.238 e. The summed E-state index contributed by atoms with van der Waals surface area (Å²) in [6.07, 6.45) is 0. The minimum Gasteiger partial charge on any atom is -0.495 e. The molecule has 0 saturated heterocycles. The van der Waals surface area contributed by atoms with E-state index < -0.39 is 0 Å². The zero-order chi connectivity index (χ0) is 19.1. The summed E-state index contributed by atoms with van der Waals surface area (Å²) in [5.41, 5.74) is 1.94. The predicted molar refractivity (Wildman–Crippen MR) is 98.7 cm³/mol. The Kier molecular flexibility index (Phi) is 6.68. The smallest absolute Gasteiger partial charge is 0.238 e. The van der Waals surface area contributed by atoms with Crippen LogP contribution in [0.3, 0.4) is 0 Å². The van der Waals surface area contributed by atoms with Crippen molar-refractivity contribution < 1.29 is 18.7 Å². The van der Waals surface area contributed by atoms with Gasteiger partial charge >= 0.3 is 0 Å². The summed E-state index contributed by atoms with van der Waals surface area (Å²) in [5, 5.41) is 5.44. The number of rotatable bonds is 7. The number of carbonyl (C=O) groups excluding carboxylic acids is 2. The number of nitrogens with zero attached hydrogens (tertiary/aromatic N) is 1. The maximum atomic E-state index is 12.9. The molecule has 2 amide bonds. The number of nitrogens with one attached hydrogen (secondary N) is 2. The molecule has 0 bridgehead atoms. The summed E-state index contributed by atoms with van der Waals surface area (Å²) in [7, 11) is 3.30. The monoisotopic (exact) mass is 359 g/mol. The Balaban J connectivity index is 1.99. The third-order valence-electron chi connectivity index (χ3n) is 3.57. The van der Waals surface area contributed by atoms with Crippen LogP contribution in [0.25, 0.3) is 0 Å². The molecule has 0 saturated carbocycles. The number of methoxy groups -OCH3 is 1. The van der Waals surface area contributed by atoms with Crippen LogP contribution < -0.4 is 15.4 Å². The SMILES string of the molecule is COc1ccc(NC(C)=O)cc1NC(=O)CN(C)Cc1ccc(F)cc1. The van der Waals surface area contributed by atoms with Crippen LogP contribution in [0.1, 0.15) is 12.5 Å². The van der Waals surface area contributed by atoms with Crippen molar-refractivity contribution >= 4 is 23.2 Å². The highest BCUT2D eigenvalue weighted by atomic mass is 19.1. The van der Waals surface area contributed by atoms with E-state index in [9.17, 15) is 14.0 Å². The topological polar surface area (TPSA) is 70.7 Å². The van der Waals surface area contributed by atoms with Gasteiger partial charge in [-0.2, -0.15) is 0 Å². The van der Waals surface area contributed by atoms with Gasteiger partial charge in [0.1, 0.15) is 11.6 Å². The van der Waals surface area contributed by atoms with E-state index in [1.807, 2.05) is 4.90 Å². The van der Waals surface area contributed by atoms with Crippen molar-refractivity contribution in [2.24, 2.45) is 0 Å². The second kappa shape index (κ2) is 8.96. The molecule has 0 aliphatic carbocycles. The zero-order valence-corrected chi connectivity index (χ0v) is 15.0. The summed E-state index contributed by atoms with van der Waals surface area (Å²) in [4.78, 5) is 25.3. The Morgan fingerprint density at radius 1 is 1.12 bits per heavy atom. The largest absolute Gasteiger partial charge is 0.495 e. The lowest BCUT2D eigenvalue weighted by Gasteiger charge is -2.17. The average Bonchev–Trinajstić information content (AvgIpc) is 2.56. The molecule has 0 aliphatic heterocycles. The third kappa shape index (κ3) is 5.86. The van der Waals surface area contributed by atoms with Gasteiger partial charge in [-0.3, -0.25) is 14.5 Å². The standard InChI is InChI=1S/C19H22FN3O3/c1-13(24)21-16-8-9-18(26-3)17(10-16)22-19(25)12-23(2)11-14-4-6-15(20)7-5-14/h4-10H,11-12H2,1-3H3,(H,21,24)(H,22,25). The van der Waals surface area contributed by atoms with Crippen LogP contribution in [-0.2, 0) is 16.1 Å².